The van der Waals surface area contributed by atoms with Gasteiger partial charge >= 0.3 is 0 Å². The van der Waals surface area contributed by atoms with Crippen molar-refractivity contribution in [3.8, 4) is 5.69 Å². The van der Waals surface area contributed by atoms with Gasteiger partial charge in [0.05, 0.1) is 11.4 Å². The Hall–Kier alpha value is -2.35. The number of amides is 1. The van der Waals surface area contributed by atoms with Crippen LogP contribution in [0.4, 0.5) is 10.1 Å². The third kappa shape index (κ3) is 3.58. The highest BCUT2D eigenvalue weighted by Gasteiger charge is 2.17. The standard InChI is InChI=1S/C12H15FN6O/c1-12(2,14)6-11(20)16-10-5-8(3-4-9(10)13)19-7-15-17-18-19/h3-5,7H,6,14H2,1-2H3,(H,16,20). The summed E-state index contributed by atoms with van der Waals surface area (Å²) in [6.07, 6.45) is 1.46. The molecule has 0 spiro atoms. The summed E-state index contributed by atoms with van der Waals surface area (Å²) in [6.45, 7) is 3.45. The fourth-order valence-corrected chi connectivity index (χ4v) is 1.64. The van der Waals surface area contributed by atoms with Crippen molar-refractivity contribution in [3.05, 3.63) is 30.3 Å². The molecule has 8 heteroatoms. The van der Waals surface area contributed by atoms with Crippen LogP contribution in [0.1, 0.15) is 20.3 Å². The van der Waals surface area contributed by atoms with Crippen LogP contribution in [-0.2, 0) is 4.79 Å². The molecule has 0 aliphatic carbocycles. The van der Waals surface area contributed by atoms with Gasteiger partial charge in [-0.25, -0.2) is 9.07 Å². The summed E-state index contributed by atoms with van der Waals surface area (Å²) < 4.78 is 15.1. The average molecular weight is 278 g/mol. The molecule has 0 saturated carbocycles. The van der Waals surface area contributed by atoms with E-state index in [4.69, 9.17) is 5.73 Å². The molecular weight excluding hydrogens is 263 g/mol. The zero-order chi connectivity index (χ0) is 14.8. The molecule has 0 radical (unpaired) electrons. The van der Waals surface area contributed by atoms with Crippen LogP contribution in [0.3, 0.4) is 0 Å². The molecule has 0 aliphatic rings. The average Bonchev–Trinajstić information content (AvgIpc) is 2.83. The first-order valence-electron chi connectivity index (χ1n) is 5.97. The summed E-state index contributed by atoms with van der Waals surface area (Å²) in [5, 5.41) is 13.2. The number of aromatic nitrogens is 4. The summed E-state index contributed by atoms with van der Waals surface area (Å²) >= 11 is 0. The lowest BCUT2D eigenvalue weighted by atomic mass is 10.0. The molecule has 0 atom stereocenters. The number of nitrogens with zero attached hydrogens (tertiary/aromatic N) is 4. The van der Waals surface area contributed by atoms with E-state index in [1.807, 2.05) is 0 Å². The second-order valence-electron chi connectivity index (χ2n) is 5.13. The third-order valence-corrected chi connectivity index (χ3v) is 2.45. The van der Waals surface area contributed by atoms with Crippen LogP contribution in [-0.4, -0.2) is 31.7 Å². The van der Waals surface area contributed by atoms with E-state index >= 15 is 0 Å². The molecule has 2 aromatic rings. The molecule has 20 heavy (non-hydrogen) atoms. The molecule has 0 saturated heterocycles. The lowest BCUT2D eigenvalue weighted by Crippen LogP contribution is -2.36. The number of carbonyl (C=O) groups is 1. The van der Waals surface area contributed by atoms with E-state index in [9.17, 15) is 9.18 Å². The first-order chi connectivity index (χ1) is 9.35. The van der Waals surface area contributed by atoms with Crippen LogP contribution in [0.25, 0.3) is 5.69 Å². The molecule has 0 bridgehead atoms. The van der Waals surface area contributed by atoms with Gasteiger partial charge in [-0.1, -0.05) is 0 Å². The number of hydrogen-bond donors (Lipinski definition) is 2. The number of nitrogens with two attached hydrogens (primary N) is 1. The van der Waals surface area contributed by atoms with Crippen LogP contribution < -0.4 is 11.1 Å². The lowest BCUT2D eigenvalue weighted by Gasteiger charge is -2.17. The van der Waals surface area contributed by atoms with E-state index in [0.717, 1.165) is 0 Å². The van der Waals surface area contributed by atoms with Gasteiger partial charge in [-0.2, -0.15) is 0 Å². The lowest BCUT2D eigenvalue weighted by molar-refractivity contribution is -0.117. The number of hydrogen-bond acceptors (Lipinski definition) is 5. The molecule has 1 amide bonds. The Labute approximate surface area is 115 Å². The van der Waals surface area contributed by atoms with Crippen molar-refractivity contribution in [2.75, 3.05) is 5.32 Å². The van der Waals surface area contributed by atoms with Crippen LogP contribution in [0.2, 0.25) is 0 Å². The summed E-state index contributed by atoms with van der Waals surface area (Å²) in [7, 11) is 0. The Morgan fingerprint density at radius 1 is 1.50 bits per heavy atom. The minimum Gasteiger partial charge on any atom is -0.325 e. The first kappa shape index (κ1) is 14.1. The molecule has 0 unspecified atom stereocenters. The van der Waals surface area contributed by atoms with Gasteiger partial charge in [0, 0.05) is 12.0 Å². The maximum absolute atomic E-state index is 13.7. The predicted octanol–water partition coefficient (Wildman–Crippen LogP) is 0.867. The van der Waals surface area contributed by atoms with Gasteiger partial charge in [0.25, 0.3) is 0 Å². The quantitative estimate of drug-likeness (QED) is 0.864. The van der Waals surface area contributed by atoms with Gasteiger partial charge < -0.3 is 11.1 Å². The van der Waals surface area contributed by atoms with Crippen LogP contribution in [0.15, 0.2) is 24.5 Å². The number of anilines is 1. The number of tetrazole rings is 1. The third-order valence-electron chi connectivity index (χ3n) is 2.45. The van der Waals surface area contributed by atoms with Crippen molar-refractivity contribution < 1.29 is 9.18 Å². The van der Waals surface area contributed by atoms with Crippen molar-refractivity contribution in [2.24, 2.45) is 5.73 Å². The zero-order valence-corrected chi connectivity index (χ0v) is 11.2. The van der Waals surface area contributed by atoms with Gasteiger partial charge in [0.2, 0.25) is 5.91 Å². The molecule has 3 N–H and O–H groups in total. The molecule has 1 aromatic carbocycles. The van der Waals surface area contributed by atoms with Crippen molar-refractivity contribution >= 4 is 11.6 Å². The molecule has 106 valence electrons. The second-order valence-corrected chi connectivity index (χ2v) is 5.13. The van der Waals surface area contributed by atoms with E-state index < -0.39 is 11.4 Å². The Morgan fingerprint density at radius 3 is 2.85 bits per heavy atom. The van der Waals surface area contributed by atoms with E-state index in [2.05, 4.69) is 20.8 Å². The molecule has 1 heterocycles. The summed E-state index contributed by atoms with van der Waals surface area (Å²) in [5.41, 5.74) is 5.69. The number of benzene rings is 1. The fourth-order valence-electron chi connectivity index (χ4n) is 1.64. The van der Waals surface area contributed by atoms with Crippen molar-refractivity contribution in [1.29, 1.82) is 0 Å². The smallest absolute Gasteiger partial charge is 0.226 e. The monoisotopic (exact) mass is 278 g/mol. The molecule has 1 aromatic heterocycles. The second kappa shape index (κ2) is 5.33. The van der Waals surface area contributed by atoms with Gasteiger partial charge in [0.15, 0.2) is 0 Å². The number of rotatable bonds is 4. The van der Waals surface area contributed by atoms with Gasteiger partial charge in [0.1, 0.15) is 12.1 Å². The normalized spacial score (nSPS) is 11.4. The Balaban J connectivity index is 2.19. The van der Waals surface area contributed by atoms with Crippen molar-refractivity contribution in [2.45, 2.75) is 25.8 Å². The molecule has 0 aliphatic heterocycles. The zero-order valence-electron chi connectivity index (χ0n) is 11.2. The topological polar surface area (TPSA) is 98.7 Å². The number of halogens is 1. The molecule has 7 nitrogen and oxygen atoms in total. The molecular formula is C12H15FN6O. The van der Waals surface area contributed by atoms with Gasteiger partial charge in [-0.3, -0.25) is 4.79 Å². The van der Waals surface area contributed by atoms with Crippen molar-refractivity contribution in [3.63, 3.8) is 0 Å². The molecule has 2 rings (SSSR count). The van der Waals surface area contributed by atoms with E-state index in [0.29, 0.717) is 5.69 Å². The minimum atomic E-state index is -0.659. The maximum Gasteiger partial charge on any atom is 0.226 e. The summed E-state index contributed by atoms with van der Waals surface area (Å²) in [5.74, 6) is -0.893. The minimum absolute atomic E-state index is 0.0623. The number of carbonyl (C=O) groups excluding carboxylic acids is 1. The maximum atomic E-state index is 13.7. The van der Waals surface area contributed by atoms with E-state index in [-0.39, 0.29) is 18.0 Å². The van der Waals surface area contributed by atoms with Crippen LogP contribution >= 0.6 is 0 Å². The predicted molar refractivity (Wildman–Crippen MR) is 70.6 cm³/mol. The largest absolute Gasteiger partial charge is 0.325 e. The van der Waals surface area contributed by atoms with E-state index in [1.165, 1.54) is 29.2 Å². The SMILES string of the molecule is CC(C)(N)CC(=O)Nc1cc(-n2cnnn2)ccc1F. The highest BCUT2D eigenvalue weighted by molar-refractivity contribution is 5.91. The van der Waals surface area contributed by atoms with E-state index in [1.54, 1.807) is 13.8 Å². The highest BCUT2D eigenvalue weighted by Crippen LogP contribution is 2.19. The molecule has 0 fully saturated rings. The summed E-state index contributed by atoms with van der Waals surface area (Å²) in [4.78, 5) is 11.8. The Bertz CT molecular complexity index is 605. The fraction of sp³-hybridized carbons (Fsp3) is 0.333. The van der Waals surface area contributed by atoms with Crippen LogP contribution in [0, 0.1) is 5.82 Å². The highest BCUT2D eigenvalue weighted by atomic mass is 19.1. The van der Waals surface area contributed by atoms with Gasteiger partial charge in [-0.15, -0.1) is 5.10 Å². The van der Waals surface area contributed by atoms with Crippen LogP contribution in [0.5, 0.6) is 0 Å². The van der Waals surface area contributed by atoms with Crippen molar-refractivity contribution in [1.82, 2.24) is 20.2 Å². The first-order valence-corrected chi connectivity index (χ1v) is 5.97. The summed E-state index contributed by atoms with van der Waals surface area (Å²) in [6, 6.07) is 4.20. The van der Waals surface area contributed by atoms with Gasteiger partial charge in [-0.05, 0) is 42.5 Å². The number of nitrogens with one attached hydrogen (secondary N) is 1. The Kier molecular flexibility index (Phi) is 3.75. The Morgan fingerprint density at radius 2 is 2.25 bits per heavy atom.